The molecule has 0 fully saturated rings. The van der Waals surface area contributed by atoms with Crippen LogP contribution in [0, 0.1) is 5.82 Å². The van der Waals surface area contributed by atoms with Crippen molar-refractivity contribution in [1.29, 1.82) is 0 Å². The van der Waals surface area contributed by atoms with Crippen molar-refractivity contribution in [2.75, 3.05) is 20.2 Å². The number of nitrogens with one attached hydrogen (secondary N) is 2. The summed E-state index contributed by atoms with van der Waals surface area (Å²) in [5.41, 5.74) is 2.05. The Morgan fingerprint density at radius 2 is 2.08 bits per heavy atom. The highest BCUT2D eigenvalue weighted by atomic mass is 32.2. The van der Waals surface area contributed by atoms with Crippen LogP contribution in [0.1, 0.15) is 27.5 Å². The lowest BCUT2D eigenvalue weighted by molar-refractivity contribution is 0.0600. The van der Waals surface area contributed by atoms with Gasteiger partial charge in [0.2, 0.25) is 10.0 Å². The third-order valence-electron chi connectivity index (χ3n) is 4.30. The average molecular weight is 378 g/mol. The van der Waals surface area contributed by atoms with Crippen LogP contribution in [-0.4, -0.2) is 34.6 Å². The van der Waals surface area contributed by atoms with Gasteiger partial charge >= 0.3 is 5.97 Å². The number of hydrogen-bond acceptors (Lipinski definition) is 5. The molecule has 1 heterocycles. The van der Waals surface area contributed by atoms with Crippen molar-refractivity contribution in [2.24, 2.45) is 0 Å². The maximum absolute atomic E-state index is 13.7. The highest BCUT2D eigenvalue weighted by Gasteiger charge is 2.23. The molecule has 1 aliphatic rings. The van der Waals surface area contributed by atoms with E-state index in [1.54, 1.807) is 0 Å². The predicted octanol–water partition coefficient (Wildman–Crippen LogP) is 1.78. The maximum Gasteiger partial charge on any atom is 0.337 e. The van der Waals surface area contributed by atoms with E-state index in [4.69, 9.17) is 0 Å². The van der Waals surface area contributed by atoms with Crippen molar-refractivity contribution >= 4 is 16.0 Å². The molecule has 0 aliphatic carbocycles. The van der Waals surface area contributed by atoms with E-state index in [-0.39, 0.29) is 23.0 Å². The molecule has 1 aliphatic heterocycles. The number of rotatable bonds is 5. The summed E-state index contributed by atoms with van der Waals surface area (Å²) >= 11 is 0. The molecular formula is C18H19FN2O4S. The number of fused-ring (bicyclic) bond motifs is 1. The lowest BCUT2D eigenvalue weighted by atomic mass is 9.95. The van der Waals surface area contributed by atoms with Crippen LogP contribution in [0.2, 0.25) is 0 Å². The highest BCUT2D eigenvalue weighted by Crippen LogP contribution is 2.23. The normalized spacial score (nSPS) is 16.8. The van der Waals surface area contributed by atoms with Gasteiger partial charge in [0.05, 0.1) is 17.6 Å². The Labute approximate surface area is 151 Å². The van der Waals surface area contributed by atoms with Gasteiger partial charge in [-0.25, -0.2) is 22.3 Å². The van der Waals surface area contributed by atoms with Crippen molar-refractivity contribution in [3.05, 3.63) is 65.0 Å². The third kappa shape index (κ3) is 3.92. The quantitative estimate of drug-likeness (QED) is 0.775. The largest absolute Gasteiger partial charge is 0.465 e. The molecule has 1 unspecified atom stereocenters. The van der Waals surface area contributed by atoms with E-state index < -0.39 is 21.8 Å². The summed E-state index contributed by atoms with van der Waals surface area (Å²) in [4.78, 5) is 11.3. The number of carbonyl (C=O) groups is 1. The van der Waals surface area contributed by atoms with Gasteiger partial charge < -0.3 is 10.1 Å². The number of methoxy groups -OCH3 is 1. The number of halogens is 1. The second-order valence-corrected chi connectivity index (χ2v) is 7.74. The monoisotopic (exact) mass is 378 g/mol. The van der Waals surface area contributed by atoms with Crippen LogP contribution in [0.5, 0.6) is 0 Å². The molecule has 3 rings (SSSR count). The van der Waals surface area contributed by atoms with E-state index >= 15 is 0 Å². The van der Waals surface area contributed by atoms with Gasteiger partial charge in [0.1, 0.15) is 5.82 Å². The molecule has 0 spiro atoms. The van der Waals surface area contributed by atoms with Crippen LogP contribution in [0.15, 0.2) is 47.4 Å². The smallest absolute Gasteiger partial charge is 0.337 e. The van der Waals surface area contributed by atoms with Crippen molar-refractivity contribution in [3.8, 4) is 0 Å². The summed E-state index contributed by atoms with van der Waals surface area (Å²) < 4.78 is 45.8. The molecule has 8 heteroatoms. The van der Waals surface area contributed by atoms with Gasteiger partial charge in [-0.3, -0.25) is 0 Å². The molecule has 0 radical (unpaired) electrons. The van der Waals surface area contributed by atoms with E-state index in [0.29, 0.717) is 0 Å². The molecule has 2 aromatic carbocycles. The van der Waals surface area contributed by atoms with Crippen molar-refractivity contribution in [1.82, 2.24) is 10.0 Å². The Morgan fingerprint density at radius 3 is 2.85 bits per heavy atom. The molecule has 6 nitrogen and oxygen atoms in total. The molecule has 0 amide bonds. The van der Waals surface area contributed by atoms with Crippen molar-refractivity contribution in [3.63, 3.8) is 0 Å². The van der Waals surface area contributed by atoms with E-state index in [1.807, 2.05) is 24.3 Å². The molecule has 138 valence electrons. The summed E-state index contributed by atoms with van der Waals surface area (Å²) in [5, 5.41) is 3.27. The standard InChI is InChI=1S/C18H19FN2O4S/c1-25-18(22)13-8-14(19)10-15(9-13)26(23,24)21-11-17-16-5-3-2-4-12(16)6-7-20-17/h2-5,8-10,17,20-21H,6-7,11H2,1H3. The van der Waals surface area contributed by atoms with E-state index in [0.717, 1.165) is 43.8 Å². The van der Waals surface area contributed by atoms with Crippen LogP contribution in [0.4, 0.5) is 4.39 Å². The number of esters is 1. The molecule has 1 atom stereocenters. The van der Waals surface area contributed by atoms with Gasteiger partial charge in [0.25, 0.3) is 0 Å². The van der Waals surface area contributed by atoms with Crippen LogP contribution in [0.25, 0.3) is 0 Å². The lowest BCUT2D eigenvalue weighted by Gasteiger charge is -2.27. The number of ether oxygens (including phenoxy) is 1. The fourth-order valence-corrected chi connectivity index (χ4v) is 4.11. The Hall–Kier alpha value is -2.29. The minimum Gasteiger partial charge on any atom is -0.465 e. The molecule has 2 aromatic rings. The number of carbonyl (C=O) groups excluding carboxylic acids is 1. The SMILES string of the molecule is COC(=O)c1cc(F)cc(S(=O)(=O)NCC2NCCc3ccccc32)c1. The maximum atomic E-state index is 13.7. The first-order valence-electron chi connectivity index (χ1n) is 8.10. The van der Waals surface area contributed by atoms with Crippen LogP contribution >= 0.6 is 0 Å². The Kier molecular flexibility index (Phi) is 5.36. The molecule has 26 heavy (non-hydrogen) atoms. The summed E-state index contributed by atoms with van der Waals surface area (Å²) in [7, 11) is -2.84. The molecule has 0 aromatic heterocycles. The summed E-state index contributed by atoms with van der Waals surface area (Å²) in [6.45, 7) is 0.860. The van der Waals surface area contributed by atoms with E-state index in [1.165, 1.54) is 5.56 Å². The van der Waals surface area contributed by atoms with Crippen molar-refractivity contribution in [2.45, 2.75) is 17.4 Å². The lowest BCUT2D eigenvalue weighted by Crippen LogP contribution is -2.38. The van der Waals surface area contributed by atoms with Gasteiger partial charge in [-0.15, -0.1) is 0 Å². The fourth-order valence-electron chi connectivity index (χ4n) is 3.00. The Bertz CT molecular complexity index is 931. The predicted molar refractivity (Wildman–Crippen MR) is 93.8 cm³/mol. The van der Waals surface area contributed by atoms with Crippen LogP contribution in [0.3, 0.4) is 0 Å². The molecular weight excluding hydrogens is 359 g/mol. The first kappa shape index (κ1) is 18.5. The van der Waals surface area contributed by atoms with E-state index in [9.17, 15) is 17.6 Å². The molecule has 0 saturated heterocycles. The zero-order valence-corrected chi connectivity index (χ0v) is 15.0. The first-order chi connectivity index (χ1) is 12.4. The highest BCUT2D eigenvalue weighted by molar-refractivity contribution is 7.89. The minimum absolute atomic E-state index is 0.115. The van der Waals surface area contributed by atoms with Crippen LogP contribution in [-0.2, 0) is 21.2 Å². The average Bonchev–Trinajstić information content (AvgIpc) is 2.65. The molecule has 0 saturated carbocycles. The summed E-state index contributed by atoms with van der Waals surface area (Å²) in [6, 6.07) is 10.6. The molecule has 0 bridgehead atoms. The summed E-state index contributed by atoms with van der Waals surface area (Å²) in [6.07, 6.45) is 0.881. The zero-order valence-electron chi connectivity index (χ0n) is 14.2. The van der Waals surface area contributed by atoms with E-state index in [2.05, 4.69) is 14.8 Å². The zero-order chi connectivity index (χ0) is 18.7. The van der Waals surface area contributed by atoms with Gasteiger partial charge in [0.15, 0.2) is 0 Å². The second kappa shape index (κ2) is 7.53. The third-order valence-corrected chi connectivity index (χ3v) is 5.70. The van der Waals surface area contributed by atoms with Crippen molar-refractivity contribution < 1.29 is 22.3 Å². The molecule has 2 N–H and O–H groups in total. The fraction of sp³-hybridized carbons (Fsp3) is 0.278. The second-order valence-electron chi connectivity index (χ2n) is 5.97. The topological polar surface area (TPSA) is 84.5 Å². The number of hydrogen-bond donors (Lipinski definition) is 2. The van der Waals surface area contributed by atoms with Crippen LogP contribution < -0.4 is 10.0 Å². The summed E-state index contributed by atoms with van der Waals surface area (Å²) in [5.74, 6) is -1.63. The Balaban J connectivity index is 1.80. The Morgan fingerprint density at radius 1 is 1.31 bits per heavy atom. The first-order valence-corrected chi connectivity index (χ1v) is 9.59. The van der Waals surface area contributed by atoms with Gasteiger partial charge in [-0.2, -0.15) is 0 Å². The minimum atomic E-state index is -3.99. The van der Waals surface area contributed by atoms with Gasteiger partial charge in [0, 0.05) is 12.6 Å². The van der Waals surface area contributed by atoms with Gasteiger partial charge in [-0.1, -0.05) is 24.3 Å². The number of benzene rings is 2. The van der Waals surface area contributed by atoms with Gasteiger partial charge in [-0.05, 0) is 42.3 Å². The number of sulfonamides is 1.